The predicted molar refractivity (Wildman–Crippen MR) is 102 cm³/mol. The van der Waals surface area contributed by atoms with Crippen molar-refractivity contribution in [3.8, 4) is 0 Å². The molecule has 1 aromatic carbocycles. The Balaban J connectivity index is 2.20. The number of amides is 1. The van der Waals surface area contributed by atoms with Crippen molar-refractivity contribution >= 4 is 6.09 Å². The number of carbonyl (C=O) groups excluding carboxylic acids is 1. The van der Waals surface area contributed by atoms with Crippen molar-refractivity contribution in [1.29, 1.82) is 0 Å². The third-order valence-electron chi connectivity index (χ3n) is 4.38. The van der Waals surface area contributed by atoms with E-state index in [0.29, 0.717) is 19.3 Å². The average Bonchev–Trinajstić information content (AvgIpc) is 2.53. The predicted octanol–water partition coefficient (Wildman–Crippen LogP) is 3.82. The molecule has 0 aliphatic carbocycles. The second-order valence-corrected chi connectivity index (χ2v) is 8.02. The van der Waals surface area contributed by atoms with Gasteiger partial charge in [-0.3, -0.25) is 4.90 Å². The van der Waals surface area contributed by atoms with Gasteiger partial charge < -0.3 is 14.9 Å². The fourth-order valence-electron chi connectivity index (χ4n) is 3.29. The van der Waals surface area contributed by atoms with Crippen molar-refractivity contribution in [3.63, 3.8) is 0 Å². The van der Waals surface area contributed by atoms with Gasteiger partial charge in [0, 0.05) is 6.04 Å². The van der Waals surface area contributed by atoms with Gasteiger partial charge in [0.1, 0.15) is 5.60 Å². The molecule has 1 heterocycles. The Kier molecular flexibility index (Phi) is 6.84. The van der Waals surface area contributed by atoms with E-state index in [-0.39, 0.29) is 12.1 Å². The summed E-state index contributed by atoms with van der Waals surface area (Å²) in [5.41, 5.74) is 0.231. The van der Waals surface area contributed by atoms with Crippen LogP contribution in [0.15, 0.2) is 42.5 Å². The summed E-state index contributed by atoms with van der Waals surface area (Å²) in [5.74, 6) is 0. The van der Waals surface area contributed by atoms with Gasteiger partial charge in [0.05, 0.1) is 18.2 Å². The number of hydrogen-bond acceptors (Lipinski definition) is 4. The van der Waals surface area contributed by atoms with E-state index in [1.165, 1.54) is 0 Å². The normalized spacial score (nSPS) is 22.8. The minimum Gasteiger partial charge on any atom is -0.444 e. The van der Waals surface area contributed by atoms with Crippen molar-refractivity contribution in [1.82, 2.24) is 4.90 Å². The van der Waals surface area contributed by atoms with Crippen LogP contribution in [0, 0.1) is 0 Å². The van der Waals surface area contributed by atoms with Crippen molar-refractivity contribution in [2.24, 2.45) is 0 Å². The van der Waals surface area contributed by atoms with Gasteiger partial charge in [-0.2, -0.15) is 0 Å². The molecule has 5 heteroatoms. The topological polar surface area (TPSA) is 70.0 Å². The summed E-state index contributed by atoms with van der Waals surface area (Å²) in [6, 6.07) is 9.02. The summed E-state index contributed by atoms with van der Waals surface area (Å²) in [7, 11) is 0. The third-order valence-corrected chi connectivity index (χ3v) is 4.38. The lowest BCUT2D eigenvalue weighted by atomic mass is 9.93. The van der Waals surface area contributed by atoms with Crippen LogP contribution in [0.1, 0.15) is 58.6 Å². The van der Waals surface area contributed by atoms with Crippen LogP contribution >= 0.6 is 0 Å². The summed E-state index contributed by atoms with van der Waals surface area (Å²) < 4.78 is 5.60. The SMILES string of the molecule is C[C@@H](O)C[C@@H]1C=CC[C@@H](C[C@H](O)c2ccccc2)N1C(=O)OC(C)(C)C. The Morgan fingerprint density at radius 2 is 1.88 bits per heavy atom. The van der Waals surface area contributed by atoms with Crippen LogP contribution in [0.2, 0.25) is 0 Å². The first-order valence-corrected chi connectivity index (χ1v) is 9.26. The highest BCUT2D eigenvalue weighted by atomic mass is 16.6. The zero-order valence-corrected chi connectivity index (χ0v) is 16.1. The lowest BCUT2D eigenvalue weighted by Crippen LogP contribution is -2.51. The Morgan fingerprint density at radius 3 is 2.46 bits per heavy atom. The first-order chi connectivity index (χ1) is 12.2. The molecule has 1 aliphatic heterocycles. The number of rotatable bonds is 5. The maximum Gasteiger partial charge on any atom is 0.411 e. The molecule has 0 radical (unpaired) electrons. The molecule has 1 aromatic rings. The molecule has 0 aromatic heterocycles. The summed E-state index contributed by atoms with van der Waals surface area (Å²) in [4.78, 5) is 14.5. The second kappa shape index (κ2) is 8.69. The van der Waals surface area contributed by atoms with Crippen LogP contribution in [0.5, 0.6) is 0 Å². The smallest absolute Gasteiger partial charge is 0.411 e. The van der Waals surface area contributed by atoms with Crippen molar-refractivity contribution in [2.75, 3.05) is 0 Å². The molecule has 0 unspecified atom stereocenters. The maximum absolute atomic E-state index is 12.8. The molecule has 1 amide bonds. The fourth-order valence-corrected chi connectivity index (χ4v) is 3.29. The first kappa shape index (κ1) is 20.5. The lowest BCUT2D eigenvalue weighted by Gasteiger charge is -2.41. The van der Waals surface area contributed by atoms with E-state index >= 15 is 0 Å². The average molecular weight is 361 g/mol. The maximum atomic E-state index is 12.8. The van der Waals surface area contributed by atoms with Crippen LogP contribution in [0.25, 0.3) is 0 Å². The minimum atomic E-state index is -0.662. The number of hydrogen-bond donors (Lipinski definition) is 2. The third kappa shape index (κ3) is 5.85. The van der Waals surface area contributed by atoms with Gasteiger partial charge in [-0.05, 0) is 52.5 Å². The molecule has 144 valence electrons. The molecule has 2 N–H and O–H groups in total. The highest BCUT2D eigenvalue weighted by molar-refractivity contribution is 5.69. The standard InChI is InChI=1S/C21H31NO4/c1-15(23)13-17-11-8-12-18(22(17)20(25)26-21(2,3)4)14-19(24)16-9-6-5-7-10-16/h5-11,15,17-19,23-24H,12-14H2,1-4H3/t15-,17+,18+,19+/m1/s1. The monoisotopic (exact) mass is 361 g/mol. The van der Waals surface area contributed by atoms with Crippen LogP contribution in [-0.4, -0.2) is 45.0 Å². The molecule has 2 rings (SSSR count). The Hall–Kier alpha value is -1.85. The van der Waals surface area contributed by atoms with Gasteiger partial charge in [0.15, 0.2) is 0 Å². The van der Waals surface area contributed by atoms with Gasteiger partial charge in [-0.1, -0.05) is 42.5 Å². The van der Waals surface area contributed by atoms with Gasteiger partial charge in [0.25, 0.3) is 0 Å². The number of aliphatic hydroxyl groups excluding tert-OH is 2. The van der Waals surface area contributed by atoms with Crippen LogP contribution < -0.4 is 0 Å². The zero-order valence-electron chi connectivity index (χ0n) is 16.1. The molecule has 5 nitrogen and oxygen atoms in total. The fraction of sp³-hybridized carbons (Fsp3) is 0.571. The Morgan fingerprint density at radius 1 is 1.23 bits per heavy atom. The quantitative estimate of drug-likeness (QED) is 0.782. The highest BCUT2D eigenvalue weighted by Gasteiger charge is 2.36. The van der Waals surface area contributed by atoms with E-state index in [0.717, 1.165) is 5.56 Å². The number of nitrogens with zero attached hydrogens (tertiary/aromatic N) is 1. The van der Waals surface area contributed by atoms with E-state index in [9.17, 15) is 15.0 Å². The Bertz CT molecular complexity index is 606. The van der Waals surface area contributed by atoms with Gasteiger partial charge in [-0.25, -0.2) is 4.79 Å². The van der Waals surface area contributed by atoms with E-state index in [1.807, 2.05) is 63.3 Å². The molecule has 1 aliphatic rings. The molecular weight excluding hydrogens is 330 g/mol. The summed E-state index contributed by atoms with van der Waals surface area (Å²) in [6.45, 7) is 7.22. The molecular formula is C21H31NO4. The minimum absolute atomic E-state index is 0.186. The van der Waals surface area contributed by atoms with Gasteiger partial charge >= 0.3 is 6.09 Å². The van der Waals surface area contributed by atoms with Crippen molar-refractivity contribution < 1.29 is 19.7 Å². The van der Waals surface area contributed by atoms with Gasteiger partial charge in [0.2, 0.25) is 0 Å². The first-order valence-electron chi connectivity index (χ1n) is 9.26. The van der Waals surface area contributed by atoms with Crippen molar-refractivity contribution in [3.05, 3.63) is 48.0 Å². The van der Waals surface area contributed by atoms with Crippen molar-refractivity contribution in [2.45, 2.75) is 76.9 Å². The number of ether oxygens (including phenoxy) is 1. The van der Waals surface area contributed by atoms with E-state index in [4.69, 9.17) is 4.74 Å². The number of carbonyl (C=O) groups is 1. The molecule has 0 saturated carbocycles. The lowest BCUT2D eigenvalue weighted by molar-refractivity contribution is -0.00391. The molecule has 0 saturated heterocycles. The summed E-state index contributed by atoms with van der Waals surface area (Å²) in [6.07, 6.45) is 3.88. The van der Waals surface area contributed by atoms with E-state index in [1.54, 1.807) is 11.8 Å². The second-order valence-electron chi connectivity index (χ2n) is 8.02. The van der Waals surface area contributed by atoms with Crippen LogP contribution in [-0.2, 0) is 4.74 Å². The number of aliphatic hydroxyl groups is 2. The molecule has 0 fully saturated rings. The molecule has 4 atom stereocenters. The highest BCUT2D eigenvalue weighted by Crippen LogP contribution is 2.30. The summed E-state index contributed by atoms with van der Waals surface area (Å²) in [5, 5.41) is 20.4. The van der Waals surface area contributed by atoms with Gasteiger partial charge in [-0.15, -0.1) is 0 Å². The molecule has 0 spiro atoms. The Labute approximate surface area is 156 Å². The number of benzene rings is 1. The molecule has 26 heavy (non-hydrogen) atoms. The van der Waals surface area contributed by atoms with Crippen LogP contribution in [0.3, 0.4) is 0 Å². The molecule has 0 bridgehead atoms. The van der Waals surface area contributed by atoms with E-state index in [2.05, 4.69) is 0 Å². The summed E-state index contributed by atoms with van der Waals surface area (Å²) >= 11 is 0. The zero-order chi connectivity index (χ0) is 19.3. The van der Waals surface area contributed by atoms with E-state index < -0.39 is 23.9 Å². The van der Waals surface area contributed by atoms with Crippen LogP contribution in [0.4, 0.5) is 4.79 Å². The largest absolute Gasteiger partial charge is 0.444 e.